The van der Waals surface area contributed by atoms with Crippen LogP contribution in [0.2, 0.25) is 0 Å². The van der Waals surface area contributed by atoms with Crippen LogP contribution in [0.5, 0.6) is 0 Å². The zero-order valence-corrected chi connectivity index (χ0v) is 11.3. The number of likely N-dealkylation sites (N-methyl/N-ethyl adjacent to an activating group) is 1. The molecule has 6 heteroatoms. The van der Waals surface area contributed by atoms with E-state index < -0.39 is 0 Å². The fraction of sp³-hybridized carbons (Fsp3) is 0.429. The van der Waals surface area contributed by atoms with Crippen molar-refractivity contribution in [2.24, 2.45) is 5.92 Å². The Labute approximate surface area is 116 Å². The molecule has 1 fully saturated rings. The number of hydrogen-bond donors (Lipinski definition) is 3. The Bertz CT molecular complexity index is 610. The number of ether oxygens (including phenoxy) is 1. The maximum atomic E-state index is 12.4. The van der Waals surface area contributed by atoms with E-state index >= 15 is 0 Å². The molecular weight excluding hydrogens is 256 g/mol. The number of para-hydroxylation sites is 1. The number of hydrogen-bond acceptors (Lipinski definition) is 4. The molecule has 0 saturated carbocycles. The van der Waals surface area contributed by atoms with Gasteiger partial charge < -0.3 is 15.4 Å². The molecule has 2 heterocycles. The number of carbonyl (C=O) groups excluding carboxylic acids is 1. The van der Waals surface area contributed by atoms with E-state index in [0.717, 1.165) is 23.1 Å². The number of fused-ring (bicyclic) bond motifs is 1. The second-order valence-corrected chi connectivity index (χ2v) is 4.94. The third kappa shape index (κ3) is 2.39. The highest BCUT2D eigenvalue weighted by molar-refractivity contribution is 6.01. The Morgan fingerprint density at radius 2 is 2.40 bits per heavy atom. The molecule has 6 nitrogen and oxygen atoms in total. The minimum Gasteiger partial charge on any atom is -0.379 e. The van der Waals surface area contributed by atoms with Crippen LogP contribution in [0.25, 0.3) is 10.9 Å². The molecule has 2 atom stereocenters. The van der Waals surface area contributed by atoms with Gasteiger partial charge in [-0.2, -0.15) is 5.10 Å². The van der Waals surface area contributed by atoms with Crippen molar-refractivity contribution in [3.63, 3.8) is 0 Å². The summed E-state index contributed by atoms with van der Waals surface area (Å²) in [6.07, 6.45) is 1.74. The normalized spacial score (nSPS) is 22.2. The van der Waals surface area contributed by atoms with Crippen LogP contribution in [0.4, 0.5) is 5.69 Å². The average molecular weight is 274 g/mol. The molecule has 2 aromatic rings. The van der Waals surface area contributed by atoms with Gasteiger partial charge in [0.15, 0.2) is 0 Å². The Hall–Kier alpha value is -1.92. The topological polar surface area (TPSA) is 79.0 Å². The molecule has 0 aliphatic carbocycles. The molecule has 106 valence electrons. The summed E-state index contributed by atoms with van der Waals surface area (Å²) < 4.78 is 5.41. The molecule has 2 unspecified atom stereocenters. The lowest BCUT2D eigenvalue weighted by Gasteiger charge is -2.18. The summed E-state index contributed by atoms with van der Waals surface area (Å²) in [6.45, 7) is 3.90. The van der Waals surface area contributed by atoms with E-state index in [4.69, 9.17) is 4.74 Å². The van der Waals surface area contributed by atoms with Crippen LogP contribution in [-0.2, 0) is 9.53 Å². The molecule has 3 N–H and O–H groups in total. The first-order valence-corrected chi connectivity index (χ1v) is 6.83. The summed E-state index contributed by atoms with van der Waals surface area (Å²) in [5.74, 6) is -0.177. The Balaban J connectivity index is 1.77. The predicted octanol–water partition coefficient (Wildman–Crippen LogP) is 1.13. The molecular formula is C14H18N4O2. The van der Waals surface area contributed by atoms with E-state index in [0.29, 0.717) is 13.2 Å². The molecule has 1 amide bonds. The minimum atomic E-state index is -0.159. The molecule has 20 heavy (non-hydrogen) atoms. The number of benzene rings is 1. The summed E-state index contributed by atoms with van der Waals surface area (Å²) in [5, 5.41) is 14.1. The number of amides is 1. The predicted molar refractivity (Wildman–Crippen MR) is 76.5 cm³/mol. The summed E-state index contributed by atoms with van der Waals surface area (Å²) in [5.41, 5.74) is 1.60. The molecule has 0 bridgehead atoms. The molecule has 0 spiro atoms. The molecule has 1 saturated heterocycles. The summed E-state index contributed by atoms with van der Waals surface area (Å²) >= 11 is 0. The van der Waals surface area contributed by atoms with Crippen molar-refractivity contribution < 1.29 is 9.53 Å². The largest absolute Gasteiger partial charge is 0.379 e. The Morgan fingerprint density at radius 3 is 3.25 bits per heavy atom. The number of carbonyl (C=O) groups is 1. The minimum absolute atomic E-state index is 0.0180. The van der Waals surface area contributed by atoms with E-state index in [9.17, 15) is 4.79 Å². The lowest BCUT2D eigenvalue weighted by molar-refractivity contribution is -0.120. The van der Waals surface area contributed by atoms with Gasteiger partial charge in [-0.05, 0) is 12.6 Å². The van der Waals surface area contributed by atoms with Gasteiger partial charge in [0, 0.05) is 11.4 Å². The van der Waals surface area contributed by atoms with Crippen LogP contribution in [0.15, 0.2) is 24.4 Å². The zero-order chi connectivity index (χ0) is 13.9. The van der Waals surface area contributed by atoms with E-state index in [1.165, 1.54) is 0 Å². The van der Waals surface area contributed by atoms with E-state index in [-0.39, 0.29) is 17.9 Å². The maximum absolute atomic E-state index is 12.4. The van der Waals surface area contributed by atoms with Crippen molar-refractivity contribution in [3.8, 4) is 0 Å². The Kier molecular flexibility index (Phi) is 3.66. The highest BCUT2D eigenvalue weighted by Crippen LogP contribution is 2.22. The number of rotatable bonds is 4. The quantitative estimate of drug-likeness (QED) is 0.781. The smallest absolute Gasteiger partial charge is 0.231 e. The first kappa shape index (κ1) is 13.1. The van der Waals surface area contributed by atoms with E-state index in [1.54, 1.807) is 6.20 Å². The first-order chi connectivity index (χ1) is 9.79. The van der Waals surface area contributed by atoms with Gasteiger partial charge in [-0.25, -0.2) is 0 Å². The molecule has 1 aliphatic rings. The summed E-state index contributed by atoms with van der Waals surface area (Å²) in [7, 11) is 0. The van der Waals surface area contributed by atoms with Gasteiger partial charge in [-0.15, -0.1) is 0 Å². The van der Waals surface area contributed by atoms with Crippen LogP contribution in [0.1, 0.15) is 6.92 Å². The van der Waals surface area contributed by atoms with Crippen LogP contribution in [0.3, 0.4) is 0 Å². The number of aromatic nitrogens is 2. The molecule has 1 aliphatic heterocycles. The van der Waals surface area contributed by atoms with Gasteiger partial charge in [-0.1, -0.05) is 19.1 Å². The fourth-order valence-electron chi connectivity index (χ4n) is 2.57. The number of nitrogens with zero attached hydrogens (tertiary/aromatic N) is 1. The van der Waals surface area contributed by atoms with Gasteiger partial charge in [0.25, 0.3) is 0 Å². The fourth-order valence-corrected chi connectivity index (χ4v) is 2.57. The van der Waals surface area contributed by atoms with Crippen molar-refractivity contribution >= 4 is 22.5 Å². The van der Waals surface area contributed by atoms with Crippen molar-refractivity contribution in [1.29, 1.82) is 0 Å². The maximum Gasteiger partial charge on any atom is 0.231 e. The molecule has 1 aromatic heterocycles. The van der Waals surface area contributed by atoms with Gasteiger partial charge in [0.2, 0.25) is 5.91 Å². The van der Waals surface area contributed by atoms with Crippen molar-refractivity contribution in [3.05, 3.63) is 24.4 Å². The SMILES string of the molecule is CCNC1COCC1C(=O)Nc1cccc2cn[nH]c12. The highest BCUT2D eigenvalue weighted by atomic mass is 16.5. The lowest BCUT2D eigenvalue weighted by Crippen LogP contribution is -2.41. The van der Waals surface area contributed by atoms with Crippen molar-refractivity contribution in [2.75, 3.05) is 25.1 Å². The molecule has 3 rings (SSSR count). The van der Waals surface area contributed by atoms with Gasteiger partial charge >= 0.3 is 0 Å². The van der Waals surface area contributed by atoms with E-state index in [2.05, 4.69) is 20.8 Å². The summed E-state index contributed by atoms with van der Waals surface area (Å²) in [4.78, 5) is 12.4. The lowest BCUT2D eigenvalue weighted by atomic mass is 10.0. The monoisotopic (exact) mass is 274 g/mol. The molecule has 1 aromatic carbocycles. The van der Waals surface area contributed by atoms with Gasteiger partial charge in [0.05, 0.1) is 36.5 Å². The van der Waals surface area contributed by atoms with E-state index in [1.807, 2.05) is 25.1 Å². The zero-order valence-electron chi connectivity index (χ0n) is 11.3. The first-order valence-electron chi connectivity index (χ1n) is 6.83. The second kappa shape index (κ2) is 5.60. The van der Waals surface area contributed by atoms with Crippen LogP contribution in [-0.4, -0.2) is 41.9 Å². The van der Waals surface area contributed by atoms with Crippen LogP contribution < -0.4 is 10.6 Å². The van der Waals surface area contributed by atoms with Gasteiger partial charge in [-0.3, -0.25) is 9.89 Å². The number of H-pyrrole nitrogens is 1. The van der Waals surface area contributed by atoms with Gasteiger partial charge in [0.1, 0.15) is 0 Å². The number of nitrogens with one attached hydrogen (secondary N) is 3. The number of aromatic amines is 1. The van der Waals surface area contributed by atoms with Crippen LogP contribution >= 0.6 is 0 Å². The van der Waals surface area contributed by atoms with Crippen molar-refractivity contribution in [2.45, 2.75) is 13.0 Å². The highest BCUT2D eigenvalue weighted by Gasteiger charge is 2.33. The second-order valence-electron chi connectivity index (χ2n) is 4.94. The molecule has 0 radical (unpaired) electrons. The average Bonchev–Trinajstić information content (AvgIpc) is 3.07. The van der Waals surface area contributed by atoms with Crippen molar-refractivity contribution in [1.82, 2.24) is 15.5 Å². The summed E-state index contributed by atoms with van der Waals surface area (Å²) in [6, 6.07) is 5.81. The number of anilines is 1. The van der Waals surface area contributed by atoms with Crippen LogP contribution in [0, 0.1) is 5.92 Å². The Morgan fingerprint density at radius 1 is 1.50 bits per heavy atom. The standard InChI is InChI=1S/C14H18N4O2/c1-2-15-12-8-20-7-10(12)14(19)17-11-5-3-4-9-6-16-18-13(9)11/h3-6,10,12,15H,2,7-8H2,1H3,(H,16,18)(H,17,19). The third-order valence-corrected chi connectivity index (χ3v) is 3.62. The third-order valence-electron chi connectivity index (χ3n) is 3.62.